The molecule has 0 atom stereocenters. The summed E-state index contributed by atoms with van der Waals surface area (Å²) in [6.07, 6.45) is 10.1. The zero-order chi connectivity index (χ0) is 17.9. The number of nitrogens with zero attached hydrogens (tertiary/aromatic N) is 5. The number of guanidine groups is 1. The van der Waals surface area contributed by atoms with Crippen molar-refractivity contribution < 1.29 is 4.79 Å². The molecule has 2 fully saturated rings. The van der Waals surface area contributed by atoms with E-state index in [1.807, 2.05) is 13.2 Å². The molecular formula is C18H31IN6O. The number of aliphatic imine (C=N–C) groups is 1. The van der Waals surface area contributed by atoms with E-state index in [-0.39, 0.29) is 29.9 Å². The summed E-state index contributed by atoms with van der Waals surface area (Å²) in [4.78, 5) is 20.9. The van der Waals surface area contributed by atoms with Crippen LogP contribution in [0, 0.1) is 5.41 Å². The highest BCUT2D eigenvalue weighted by molar-refractivity contribution is 14.0. The molecule has 0 radical (unpaired) electrons. The van der Waals surface area contributed by atoms with E-state index >= 15 is 0 Å². The lowest BCUT2D eigenvalue weighted by molar-refractivity contribution is -0.120. The number of piperazine rings is 1. The molecule has 2 heterocycles. The number of hydrogen-bond acceptors (Lipinski definition) is 3. The number of carbonyl (C=O) groups is 1. The molecule has 1 saturated carbocycles. The molecule has 0 aromatic carbocycles. The average molecular weight is 474 g/mol. The maximum absolute atomic E-state index is 12.6. The van der Waals surface area contributed by atoms with Crippen LogP contribution in [0.4, 0.5) is 5.69 Å². The topological polar surface area (TPSA) is 65.8 Å². The van der Waals surface area contributed by atoms with Crippen LogP contribution >= 0.6 is 24.0 Å². The molecule has 8 heteroatoms. The first kappa shape index (κ1) is 21.0. The van der Waals surface area contributed by atoms with Crippen molar-refractivity contribution in [3.05, 3.63) is 12.4 Å². The van der Waals surface area contributed by atoms with E-state index in [9.17, 15) is 4.79 Å². The van der Waals surface area contributed by atoms with Gasteiger partial charge in [0.15, 0.2) is 5.96 Å². The van der Waals surface area contributed by atoms with Gasteiger partial charge in [-0.1, -0.05) is 19.8 Å². The van der Waals surface area contributed by atoms with E-state index in [1.54, 1.807) is 22.8 Å². The van der Waals surface area contributed by atoms with Crippen LogP contribution in [-0.2, 0) is 11.8 Å². The first-order chi connectivity index (χ1) is 12.1. The standard InChI is InChI=1S/C18H30N6O.HI/c1-4-18(7-5-6-8-18)14-20-17(19-2)23-9-10-24(16(25)13-23)15-11-21-22(3)12-15;/h11-12H,4-10,13-14H2,1-3H3,(H,19,20);1H. The summed E-state index contributed by atoms with van der Waals surface area (Å²) in [5.41, 5.74) is 1.27. The highest BCUT2D eigenvalue weighted by Crippen LogP contribution is 2.40. The van der Waals surface area contributed by atoms with Gasteiger partial charge in [-0.05, 0) is 24.7 Å². The lowest BCUT2D eigenvalue weighted by Crippen LogP contribution is -2.56. The maximum Gasteiger partial charge on any atom is 0.246 e. The molecule has 7 nitrogen and oxygen atoms in total. The Labute approximate surface area is 173 Å². The number of hydrogen-bond donors (Lipinski definition) is 1. The Kier molecular flexibility index (Phi) is 7.31. The van der Waals surface area contributed by atoms with Gasteiger partial charge in [0.05, 0.1) is 11.9 Å². The fourth-order valence-electron chi connectivity index (χ4n) is 4.05. The molecule has 3 rings (SSSR count). The number of nitrogens with one attached hydrogen (secondary N) is 1. The highest BCUT2D eigenvalue weighted by Gasteiger charge is 2.33. The van der Waals surface area contributed by atoms with Crippen LogP contribution in [0.1, 0.15) is 39.0 Å². The van der Waals surface area contributed by atoms with Crippen molar-refractivity contribution in [2.75, 3.05) is 38.1 Å². The molecule has 1 aliphatic carbocycles. The molecule has 1 aliphatic heterocycles. The van der Waals surface area contributed by atoms with Crippen molar-refractivity contribution in [3.63, 3.8) is 0 Å². The molecule has 0 spiro atoms. The van der Waals surface area contributed by atoms with E-state index in [1.165, 1.54) is 32.1 Å². The monoisotopic (exact) mass is 474 g/mol. The Hall–Kier alpha value is -1.32. The van der Waals surface area contributed by atoms with Gasteiger partial charge in [0.1, 0.15) is 6.54 Å². The van der Waals surface area contributed by atoms with E-state index in [0.29, 0.717) is 18.5 Å². The zero-order valence-electron chi connectivity index (χ0n) is 16.1. The number of aromatic nitrogens is 2. The van der Waals surface area contributed by atoms with Gasteiger partial charge in [0, 0.05) is 39.9 Å². The van der Waals surface area contributed by atoms with Crippen molar-refractivity contribution >= 4 is 41.5 Å². The summed E-state index contributed by atoms with van der Waals surface area (Å²) in [6.45, 7) is 5.02. The Morgan fingerprint density at radius 3 is 2.62 bits per heavy atom. The molecular weight excluding hydrogens is 443 g/mol. The molecule has 1 aromatic heterocycles. The van der Waals surface area contributed by atoms with Crippen molar-refractivity contribution in [2.24, 2.45) is 17.5 Å². The first-order valence-electron chi connectivity index (χ1n) is 9.31. The Bertz CT molecular complexity index is 637. The van der Waals surface area contributed by atoms with Crippen LogP contribution in [0.15, 0.2) is 17.4 Å². The average Bonchev–Trinajstić information content (AvgIpc) is 3.25. The van der Waals surface area contributed by atoms with Gasteiger partial charge in [-0.15, -0.1) is 24.0 Å². The minimum absolute atomic E-state index is 0. The van der Waals surface area contributed by atoms with E-state index < -0.39 is 0 Å². The minimum Gasteiger partial charge on any atom is -0.356 e. The van der Waals surface area contributed by atoms with E-state index in [2.05, 4.69) is 27.2 Å². The fourth-order valence-corrected chi connectivity index (χ4v) is 4.05. The van der Waals surface area contributed by atoms with Crippen LogP contribution < -0.4 is 10.2 Å². The molecule has 1 amide bonds. The third-order valence-corrected chi connectivity index (χ3v) is 5.77. The number of rotatable bonds is 4. The molecule has 0 unspecified atom stereocenters. The van der Waals surface area contributed by atoms with Crippen LogP contribution in [-0.4, -0.2) is 59.8 Å². The predicted molar refractivity (Wildman–Crippen MR) is 115 cm³/mol. The van der Waals surface area contributed by atoms with E-state index in [0.717, 1.165) is 24.7 Å². The van der Waals surface area contributed by atoms with Gasteiger partial charge in [-0.25, -0.2) is 0 Å². The van der Waals surface area contributed by atoms with Gasteiger partial charge in [-0.3, -0.25) is 14.5 Å². The van der Waals surface area contributed by atoms with Crippen LogP contribution in [0.2, 0.25) is 0 Å². The van der Waals surface area contributed by atoms with Gasteiger partial charge in [0.25, 0.3) is 0 Å². The molecule has 26 heavy (non-hydrogen) atoms. The van der Waals surface area contributed by atoms with Crippen molar-refractivity contribution in [1.82, 2.24) is 20.0 Å². The molecule has 1 N–H and O–H groups in total. The van der Waals surface area contributed by atoms with Crippen LogP contribution in [0.5, 0.6) is 0 Å². The fraction of sp³-hybridized carbons (Fsp3) is 0.722. The maximum atomic E-state index is 12.6. The summed E-state index contributed by atoms with van der Waals surface area (Å²) < 4.78 is 1.72. The van der Waals surface area contributed by atoms with Gasteiger partial charge < -0.3 is 15.1 Å². The second kappa shape index (κ2) is 9.05. The third-order valence-electron chi connectivity index (χ3n) is 5.77. The number of carbonyl (C=O) groups excluding carboxylic acids is 1. The number of amides is 1. The summed E-state index contributed by atoms with van der Waals surface area (Å²) in [5, 5.41) is 7.70. The smallest absolute Gasteiger partial charge is 0.246 e. The summed E-state index contributed by atoms with van der Waals surface area (Å²) in [7, 11) is 3.66. The lowest BCUT2D eigenvalue weighted by atomic mass is 9.83. The third kappa shape index (κ3) is 4.50. The molecule has 1 aromatic rings. The number of halogens is 1. The van der Waals surface area contributed by atoms with Crippen LogP contribution in [0.3, 0.4) is 0 Å². The van der Waals surface area contributed by atoms with Gasteiger partial charge >= 0.3 is 0 Å². The summed E-state index contributed by atoms with van der Waals surface area (Å²) in [5.74, 6) is 0.937. The largest absolute Gasteiger partial charge is 0.356 e. The highest BCUT2D eigenvalue weighted by atomic mass is 127. The molecule has 146 valence electrons. The first-order valence-corrected chi connectivity index (χ1v) is 9.31. The quantitative estimate of drug-likeness (QED) is 0.413. The van der Waals surface area contributed by atoms with Crippen molar-refractivity contribution in [1.29, 1.82) is 0 Å². The SMILES string of the molecule is CCC1(CNC(=NC)N2CCN(c3cnn(C)c3)C(=O)C2)CCCC1.I. The second-order valence-corrected chi connectivity index (χ2v) is 7.30. The van der Waals surface area contributed by atoms with E-state index in [4.69, 9.17) is 0 Å². The number of anilines is 1. The second-order valence-electron chi connectivity index (χ2n) is 7.30. The van der Waals surface area contributed by atoms with Gasteiger partial charge in [0.2, 0.25) is 5.91 Å². The summed E-state index contributed by atoms with van der Waals surface area (Å²) >= 11 is 0. The summed E-state index contributed by atoms with van der Waals surface area (Å²) in [6, 6.07) is 0. The molecule has 2 aliphatic rings. The van der Waals surface area contributed by atoms with Crippen molar-refractivity contribution in [2.45, 2.75) is 39.0 Å². The molecule has 1 saturated heterocycles. The normalized spacial score (nSPS) is 20.3. The molecule has 0 bridgehead atoms. The zero-order valence-corrected chi connectivity index (χ0v) is 18.4. The lowest BCUT2D eigenvalue weighted by Gasteiger charge is -2.37. The predicted octanol–water partition coefficient (Wildman–Crippen LogP) is 2.23. The van der Waals surface area contributed by atoms with Gasteiger partial charge in [-0.2, -0.15) is 5.10 Å². The number of aryl methyl sites for hydroxylation is 1. The Balaban J connectivity index is 0.00000243. The Morgan fingerprint density at radius 2 is 2.08 bits per heavy atom. The minimum atomic E-state index is 0. The Morgan fingerprint density at radius 1 is 1.35 bits per heavy atom. The van der Waals surface area contributed by atoms with Crippen molar-refractivity contribution in [3.8, 4) is 0 Å². The van der Waals surface area contributed by atoms with Crippen LogP contribution in [0.25, 0.3) is 0 Å².